The largest absolute Gasteiger partial charge is 0.489 e. The molecule has 1 amide bonds. The van der Waals surface area contributed by atoms with Gasteiger partial charge < -0.3 is 9.15 Å². The average Bonchev–Trinajstić information content (AvgIpc) is 3.38. The molecule has 0 bridgehead atoms. The molecule has 7 nitrogen and oxygen atoms in total. The first-order valence-electron chi connectivity index (χ1n) is 8.87. The van der Waals surface area contributed by atoms with Gasteiger partial charge in [0.05, 0.1) is 12.8 Å². The summed E-state index contributed by atoms with van der Waals surface area (Å²) in [4.78, 5) is 16.7. The molecule has 29 heavy (non-hydrogen) atoms. The van der Waals surface area contributed by atoms with E-state index in [1.165, 1.54) is 6.26 Å². The fourth-order valence-corrected chi connectivity index (χ4v) is 2.95. The second kappa shape index (κ2) is 8.74. The van der Waals surface area contributed by atoms with Crippen molar-refractivity contribution in [3.8, 4) is 5.75 Å². The average molecular weight is 453 g/mol. The molecule has 4 rings (SSSR count). The molecule has 2 aromatic carbocycles. The second-order valence-corrected chi connectivity index (χ2v) is 7.14. The Bertz CT molecular complexity index is 1090. The van der Waals surface area contributed by atoms with E-state index >= 15 is 0 Å². The van der Waals surface area contributed by atoms with Gasteiger partial charge in [-0.25, -0.2) is 9.67 Å². The van der Waals surface area contributed by atoms with E-state index in [9.17, 15) is 4.79 Å². The van der Waals surface area contributed by atoms with Crippen LogP contribution in [0.1, 0.15) is 21.7 Å². The summed E-state index contributed by atoms with van der Waals surface area (Å²) in [5.74, 6) is 0.667. The molecule has 0 spiro atoms. The summed E-state index contributed by atoms with van der Waals surface area (Å²) in [6, 6.07) is 19.0. The monoisotopic (exact) mass is 452 g/mol. The van der Waals surface area contributed by atoms with Gasteiger partial charge in [0.1, 0.15) is 18.7 Å². The van der Waals surface area contributed by atoms with E-state index in [4.69, 9.17) is 9.15 Å². The number of rotatable bonds is 7. The zero-order valence-electron chi connectivity index (χ0n) is 15.3. The lowest BCUT2D eigenvalue weighted by molar-refractivity contribution is 0.0992. The number of benzene rings is 2. The Kier molecular flexibility index (Phi) is 5.71. The highest BCUT2D eigenvalue weighted by atomic mass is 79.9. The number of furan rings is 1. The third kappa shape index (κ3) is 4.91. The SMILES string of the molecule is O=C(Nc1ncn(Cc2ccc(Br)cc2)n1)c1occc1COc1ccccc1. The minimum Gasteiger partial charge on any atom is -0.489 e. The summed E-state index contributed by atoms with van der Waals surface area (Å²) in [7, 11) is 0. The third-order valence-corrected chi connectivity index (χ3v) is 4.64. The number of hydrogen-bond donors (Lipinski definition) is 1. The maximum absolute atomic E-state index is 12.6. The van der Waals surface area contributed by atoms with Crippen LogP contribution in [0.3, 0.4) is 0 Å². The van der Waals surface area contributed by atoms with Crippen LogP contribution in [0.15, 0.2) is 82.1 Å². The standard InChI is InChI=1S/C21H17BrN4O3/c22-17-8-6-15(7-9-17)12-26-14-23-21(25-26)24-20(27)19-16(10-11-28-19)13-29-18-4-2-1-3-5-18/h1-11,14H,12-13H2,(H,24,25,27). The van der Waals surface area contributed by atoms with Crippen molar-refractivity contribution in [3.05, 3.63) is 94.6 Å². The van der Waals surface area contributed by atoms with Crippen LogP contribution in [-0.4, -0.2) is 20.7 Å². The molecule has 0 aliphatic carbocycles. The molecule has 8 heteroatoms. The van der Waals surface area contributed by atoms with Crippen molar-refractivity contribution in [2.75, 3.05) is 5.32 Å². The van der Waals surface area contributed by atoms with E-state index < -0.39 is 5.91 Å². The Morgan fingerprint density at radius 2 is 1.90 bits per heavy atom. The number of para-hydroxylation sites is 1. The van der Waals surface area contributed by atoms with Gasteiger partial charge >= 0.3 is 0 Å². The summed E-state index contributed by atoms with van der Waals surface area (Å²) < 4.78 is 13.7. The number of nitrogens with one attached hydrogen (secondary N) is 1. The first-order valence-corrected chi connectivity index (χ1v) is 9.66. The van der Waals surface area contributed by atoms with Crippen LogP contribution >= 0.6 is 15.9 Å². The van der Waals surface area contributed by atoms with Gasteiger partial charge in [0.15, 0.2) is 5.76 Å². The molecule has 0 aliphatic heterocycles. The number of amides is 1. The Morgan fingerprint density at radius 1 is 1.10 bits per heavy atom. The maximum atomic E-state index is 12.6. The Hall–Kier alpha value is -3.39. The number of aromatic nitrogens is 3. The summed E-state index contributed by atoms with van der Waals surface area (Å²) >= 11 is 3.41. The van der Waals surface area contributed by atoms with Gasteiger partial charge in [-0.05, 0) is 35.9 Å². The quantitative estimate of drug-likeness (QED) is 0.445. The molecule has 0 fully saturated rings. The number of ether oxygens (including phenoxy) is 1. The first-order chi connectivity index (χ1) is 14.2. The van der Waals surface area contributed by atoms with Crippen molar-refractivity contribution in [2.24, 2.45) is 0 Å². The van der Waals surface area contributed by atoms with E-state index in [0.717, 1.165) is 10.0 Å². The number of nitrogens with zero attached hydrogens (tertiary/aromatic N) is 3. The normalized spacial score (nSPS) is 10.7. The van der Waals surface area contributed by atoms with Gasteiger partial charge in [-0.2, -0.15) is 0 Å². The second-order valence-electron chi connectivity index (χ2n) is 6.22. The van der Waals surface area contributed by atoms with Gasteiger partial charge in [0, 0.05) is 10.0 Å². The zero-order chi connectivity index (χ0) is 20.1. The summed E-state index contributed by atoms with van der Waals surface area (Å²) in [5.41, 5.74) is 1.71. The molecule has 0 unspecified atom stereocenters. The van der Waals surface area contributed by atoms with Crippen molar-refractivity contribution in [3.63, 3.8) is 0 Å². The first kappa shape index (κ1) is 18.9. The topological polar surface area (TPSA) is 82.2 Å². The van der Waals surface area contributed by atoms with Crippen molar-refractivity contribution in [2.45, 2.75) is 13.2 Å². The van der Waals surface area contributed by atoms with Crippen LogP contribution in [0.25, 0.3) is 0 Å². The Morgan fingerprint density at radius 3 is 2.69 bits per heavy atom. The van der Waals surface area contributed by atoms with Crippen LogP contribution in [-0.2, 0) is 13.2 Å². The van der Waals surface area contributed by atoms with Crippen molar-refractivity contribution >= 4 is 27.8 Å². The highest BCUT2D eigenvalue weighted by Crippen LogP contribution is 2.17. The number of carbonyl (C=O) groups excluding carboxylic acids is 1. The van der Waals surface area contributed by atoms with E-state index in [0.29, 0.717) is 17.9 Å². The molecule has 2 heterocycles. The fraction of sp³-hybridized carbons (Fsp3) is 0.0952. The van der Waals surface area contributed by atoms with E-state index in [2.05, 4.69) is 31.3 Å². The summed E-state index contributed by atoms with van der Waals surface area (Å²) in [5, 5.41) is 6.95. The van der Waals surface area contributed by atoms with Crippen LogP contribution in [0.5, 0.6) is 5.75 Å². The fourth-order valence-electron chi connectivity index (χ4n) is 2.69. The van der Waals surface area contributed by atoms with Gasteiger partial charge in [0.25, 0.3) is 5.91 Å². The predicted molar refractivity (Wildman–Crippen MR) is 111 cm³/mol. The molecule has 0 radical (unpaired) electrons. The summed E-state index contributed by atoms with van der Waals surface area (Å²) in [6.07, 6.45) is 3.03. The molecule has 2 aromatic heterocycles. The van der Waals surface area contributed by atoms with Gasteiger partial charge in [-0.15, -0.1) is 5.10 Å². The molecule has 4 aromatic rings. The molecule has 0 saturated heterocycles. The van der Waals surface area contributed by atoms with Crippen molar-refractivity contribution < 1.29 is 13.9 Å². The van der Waals surface area contributed by atoms with Crippen LogP contribution < -0.4 is 10.1 Å². The van der Waals surface area contributed by atoms with Crippen LogP contribution in [0.2, 0.25) is 0 Å². The summed E-state index contributed by atoms with van der Waals surface area (Å²) in [6.45, 7) is 0.766. The molecule has 0 aliphatic rings. The Labute approximate surface area is 175 Å². The third-order valence-electron chi connectivity index (χ3n) is 4.11. The van der Waals surface area contributed by atoms with Crippen LogP contribution in [0.4, 0.5) is 5.95 Å². The molecular weight excluding hydrogens is 436 g/mol. The molecule has 146 valence electrons. The van der Waals surface area contributed by atoms with Crippen molar-refractivity contribution in [1.29, 1.82) is 0 Å². The minimum atomic E-state index is -0.428. The van der Waals surface area contributed by atoms with Gasteiger partial charge in [0.2, 0.25) is 5.95 Å². The molecule has 0 saturated carbocycles. The molecular formula is C21H17BrN4O3. The lowest BCUT2D eigenvalue weighted by Crippen LogP contribution is -2.15. The predicted octanol–water partition coefficient (Wildman–Crippen LogP) is 4.51. The van der Waals surface area contributed by atoms with E-state index in [1.54, 1.807) is 17.1 Å². The lowest BCUT2D eigenvalue weighted by Gasteiger charge is -2.06. The Balaban J connectivity index is 1.38. The highest BCUT2D eigenvalue weighted by Gasteiger charge is 2.17. The molecule has 0 atom stereocenters. The van der Waals surface area contributed by atoms with E-state index in [1.807, 2.05) is 54.6 Å². The molecule has 1 N–H and O–H groups in total. The van der Waals surface area contributed by atoms with Crippen molar-refractivity contribution in [1.82, 2.24) is 14.8 Å². The highest BCUT2D eigenvalue weighted by molar-refractivity contribution is 9.10. The number of hydrogen-bond acceptors (Lipinski definition) is 5. The van der Waals surface area contributed by atoms with Gasteiger partial charge in [-0.1, -0.05) is 46.3 Å². The maximum Gasteiger partial charge on any atom is 0.294 e. The zero-order valence-corrected chi connectivity index (χ0v) is 16.9. The van der Waals surface area contributed by atoms with Gasteiger partial charge in [-0.3, -0.25) is 10.1 Å². The number of carbonyl (C=O) groups is 1. The van der Waals surface area contributed by atoms with Crippen LogP contribution in [0, 0.1) is 0 Å². The van der Waals surface area contributed by atoms with E-state index in [-0.39, 0.29) is 18.3 Å². The minimum absolute atomic E-state index is 0.171. The lowest BCUT2D eigenvalue weighted by atomic mass is 10.2. The smallest absolute Gasteiger partial charge is 0.294 e. The number of halogens is 1. The number of anilines is 1.